The lowest BCUT2D eigenvalue weighted by Gasteiger charge is -2.32. The highest BCUT2D eigenvalue weighted by Crippen LogP contribution is 2.33. The molecule has 0 radical (unpaired) electrons. The van der Waals surface area contributed by atoms with E-state index in [9.17, 15) is 14.0 Å². The molecule has 1 atom stereocenters. The molecule has 1 heterocycles. The van der Waals surface area contributed by atoms with Gasteiger partial charge in [-0.05, 0) is 29.3 Å². The Morgan fingerprint density at radius 3 is 2.69 bits per heavy atom. The predicted molar refractivity (Wildman–Crippen MR) is 96.6 cm³/mol. The summed E-state index contributed by atoms with van der Waals surface area (Å²) in [7, 11) is 0. The van der Waals surface area contributed by atoms with Gasteiger partial charge in [-0.3, -0.25) is 9.59 Å². The van der Waals surface area contributed by atoms with Gasteiger partial charge in [0.1, 0.15) is 12.4 Å². The van der Waals surface area contributed by atoms with E-state index in [1.807, 2.05) is 30.3 Å². The Balaban J connectivity index is 1.74. The van der Waals surface area contributed by atoms with E-state index in [2.05, 4.69) is 0 Å². The lowest BCUT2D eigenvalue weighted by atomic mass is 9.94. The Bertz CT molecular complexity index is 861. The van der Waals surface area contributed by atoms with Crippen LogP contribution in [0.1, 0.15) is 36.1 Å². The van der Waals surface area contributed by atoms with Gasteiger partial charge >= 0.3 is 5.97 Å². The van der Waals surface area contributed by atoms with Crippen molar-refractivity contribution in [2.45, 2.75) is 26.0 Å². The molecule has 1 aliphatic heterocycles. The van der Waals surface area contributed by atoms with E-state index in [0.29, 0.717) is 0 Å². The van der Waals surface area contributed by atoms with E-state index < -0.39 is 17.8 Å². The zero-order valence-electron chi connectivity index (χ0n) is 14.1. The summed E-state index contributed by atoms with van der Waals surface area (Å²) in [4.78, 5) is 25.8. The number of hydrogen-bond donors (Lipinski definition) is 0. The third kappa shape index (κ3) is 3.78. The molecule has 26 heavy (non-hydrogen) atoms. The Kier molecular flexibility index (Phi) is 5.38. The molecule has 0 bridgehead atoms. The number of nitrogens with zero attached hydrogens (tertiary/aromatic N) is 1. The first-order chi connectivity index (χ1) is 12.5. The summed E-state index contributed by atoms with van der Waals surface area (Å²) in [6, 6.07) is 11.4. The number of carbonyl (C=O) groups excluding carboxylic acids is 2. The first-order valence-corrected chi connectivity index (χ1v) is 8.49. The van der Waals surface area contributed by atoms with Crippen molar-refractivity contribution >= 4 is 29.6 Å². The number of esters is 1. The summed E-state index contributed by atoms with van der Waals surface area (Å²) in [5, 5.41) is 0.203. The molecule has 0 saturated carbocycles. The summed E-state index contributed by atoms with van der Waals surface area (Å²) in [6.07, 6.45) is 3.46. The summed E-state index contributed by atoms with van der Waals surface area (Å²) in [5.41, 5.74) is 1.95. The first kappa shape index (κ1) is 18.1. The van der Waals surface area contributed by atoms with Crippen molar-refractivity contribution in [2.24, 2.45) is 0 Å². The molecule has 0 spiro atoms. The van der Waals surface area contributed by atoms with Gasteiger partial charge in [0.2, 0.25) is 5.91 Å². The normalized spacial score (nSPS) is 15.5. The van der Waals surface area contributed by atoms with Gasteiger partial charge in [0, 0.05) is 18.7 Å². The molecule has 0 saturated heterocycles. The van der Waals surface area contributed by atoms with Crippen molar-refractivity contribution in [3.05, 3.63) is 76.2 Å². The molecule has 0 aromatic heterocycles. The van der Waals surface area contributed by atoms with E-state index >= 15 is 0 Å². The molecule has 6 heteroatoms. The fraction of sp³-hybridized carbons (Fsp3) is 0.200. The molecule has 1 aliphatic rings. The van der Waals surface area contributed by atoms with Gasteiger partial charge in [-0.1, -0.05) is 41.9 Å². The van der Waals surface area contributed by atoms with Gasteiger partial charge in [-0.15, -0.1) is 0 Å². The number of halogens is 2. The Morgan fingerprint density at radius 2 is 1.96 bits per heavy atom. The molecule has 2 aromatic carbocycles. The Morgan fingerprint density at radius 1 is 1.19 bits per heavy atom. The van der Waals surface area contributed by atoms with Crippen LogP contribution in [0.25, 0.3) is 6.08 Å². The maximum atomic E-state index is 13.8. The fourth-order valence-corrected chi connectivity index (χ4v) is 3.17. The van der Waals surface area contributed by atoms with E-state index in [1.165, 1.54) is 30.0 Å². The van der Waals surface area contributed by atoms with Crippen LogP contribution in [0.3, 0.4) is 0 Å². The number of ether oxygens (including phenoxy) is 1. The molecule has 4 nitrogen and oxygen atoms in total. The van der Waals surface area contributed by atoms with Crippen molar-refractivity contribution in [1.29, 1.82) is 0 Å². The SMILES string of the molecule is CC(=O)N1C=Cc2ccccc2[C@@H]1CC(=O)OCc1c(F)cccc1Cl. The molecule has 3 rings (SSSR count). The molecule has 0 N–H and O–H groups in total. The van der Waals surface area contributed by atoms with Gasteiger partial charge in [0.25, 0.3) is 0 Å². The monoisotopic (exact) mass is 373 g/mol. The van der Waals surface area contributed by atoms with Gasteiger partial charge in [0.15, 0.2) is 0 Å². The lowest BCUT2D eigenvalue weighted by molar-refractivity contribution is -0.147. The van der Waals surface area contributed by atoms with Gasteiger partial charge in [0.05, 0.1) is 17.5 Å². The minimum Gasteiger partial charge on any atom is -0.461 e. The van der Waals surface area contributed by atoms with Crippen molar-refractivity contribution < 1.29 is 18.7 Å². The molecular formula is C20H17ClFNO3. The second-order valence-electron chi connectivity index (χ2n) is 5.95. The average Bonchev–Trinajstić information content (AvgIpc) is 2.61. The molecule has 0 fully saturated rings. The zero-order chi connectivity index (χ0) is 18.7. The van der Waals surface area contributed by atoms with Crippen LogP contribution < -0.4 is 0 Å². The van der Waals surface area contributed by atoms with Gasteiger partial charge < -0.3 is 9.64 Å². The summed E-state index contributed by atoms with van der Waals surface area (Å²) in [6.45, 7) is 1.18. The number of carbonyl (C=O) groups is 2. The highest BCUT2D eigenvalue weighted by molar-refractivity contribution is 6.31. The first-order valence-electron chi connectivity index (χ1n) is 8.12. The topological polar surface area (TPSA) is 46.6 Å². The van der Waals surface area contributed by atoms with E-state index in [-0.39, 0.29) is 29.5 Å². The van der Waals surface area contributed by atoms with E-state index in [1.54, 1.807) is 6.20 Å². The third-order valence-electron chi connectivity index (χ3n) is 4.27. The van der Waals surface area contributed by atoms with Crippen LogP contribution in [0.4, 0.5) is 4.39 Å². The highest BCUT2D eigenvalue weighted by atomic mass is 35.5. The lowest BCUT2D eigenvalue weighted by Crippen LogP contribution is -2.32. The number of benzene rings is 2. The molecule has 134 valence electrons. The second kappa shape index (κ2) is 7.70. The quantitative estimate of drug-likeness (QED) is 0.742. The maximum absolute atomic E-state index is 13.8. The molecule has 2 aromatic rings. The number of amides is 1. The Labute approximate surface area is 155 Å². The van der Waals surface area contributed by atoms with Crippen molar-refractivity contribution in [3.63, 3.8) is 0 Å². The standard InChI is InChI=1S/C20H17ClFNO3/c1-13(24)23-10-9-14-5-2-3-6-15(14)19(23)11-20(25)26-12-16-17(21)7-4-8-18(16)22/h2-10,19H,11-12H2,1H3/t19-/m0/s1. The Hall–Kier alpha value is -2.66. The zero-order valence-corrected chi connectivity index (χ0v) is 14.9. The van der Waals surface area contributed by atoms with Crippen molar-refractivity contribution in [3.8, 4) is 0 Å². The fourth-order valence-electron chi connectivity index (χ4n) is 2.95. The van der Waals surface area contributed by atoms with Crippen LogP contribution in [-0.4, -0.2) is 16.8 Å². The van der Waals surface area contributed by atoms with Crippen molar-refractivity contribution in [2.75, 3.05) is 0 Å². The van der Waals surface area contributed by atoms with Crippen LogP contribution in [0.5, 0.6) is 0 Å². The maximum Gasteiger partial charge on any atom is 0.308 e. The second-order valence-corrected chi connectivity index (χ2v) is 6.36. The smallest absolute Gasteiger partial charge is 0.308 e. The molecule has 1 amide bonds. The van der Waals surface area contributed by atoms with Gasteiger partial charge in [-0.25, -0.2) is 4.39 Å². The van der Waals surface area contributed by atoms with Gasteiger partial charge in [-0.2, -0.15) is 0 Å². The molecule has 0 aliphatic carbocycles. The minimum atomic E-state index is -0.536. The number of fused-ring (bicyclic) bond motifs is 1. The summed E-state index contributed by atoms with van der Waals surface area (Å²) < 4.78 is 19.0. The van der Waals surface area contributed by atoms with Crippen LogP contribution in [0, 0.1) is 5.82 Å². The molecule has 0 unspecified atom stereocenters. The van der Waals surface area contributed by atoms with Crippen LogP contribution in [0.15, 0.2) is 48.7 Å². The van der Waals surface area contributed by atoms with E-state index in [4.69, 9.17) is 16.3 Å². The van der Waals surface area contributed by atoms with Crippen molar-refractivity contribution in [1.82, 2.24) is 4.90 Å². The third-order valence-corrected chi connectivity index (χ3v) is 4.62. The summed E-state index contributed by atoms with van der Waals surface area (Å²) >= 11 is 5.94. The van der Waals surface area contributed by atoms with Crippen LogP contribution in [-0.2, 0) is 20.9 Å². The minimum absolute atomic E-state index is 0.0347. The number of hydrogen-bond acceptors (Lipinski definition) is 3. The predicted octanol–water partition coefficient (Wildman–Crippen LogP) is 4.49. The number of rotatable bonds is 4. The molecular weight excluding hydrogens is 357 g/mol. The van der Waals surface area contributed by atoms with Crippen LogP contribution in [0.2, 0.25) is 5.02 Å². The highest BCUT2D eigenvalue weighted by Gasteiger charge is 2.28. The van der Waals surface area contributed by atoms with Crippen LogP contribution >= 0.6 is 11.6 Å². The van der Waals surface area contributed by atoms with E-state index in [0.717, 1.165) is 11.1 Å². The summed E-state index contributed by atoms with van der Waals surface area (Å²) in [5.74, 6) is -1.24. The largest absolute Gasteiger partial charge is 0.461 e. The average molecular weight is 374 g/mol.